The lowest BCUT2D eigenvalue weighted by Gasteiger charge is -2.40. The van der Waals surface area contributed by atoms with Crippen molar-refractivity contribution in [2.45, 2.75) is 40.0 Å². The molecular weight excluding hydrogens is 259 g/mol. The normalized spacial score (nSPS) is 15.9. The summed E-state index contributed by atoms with van der Waals surface area (Å²) in [4.78, 5) is 31.0. The molecule has 0 aliphatic carbocycles. The summed E-state index contributed by atoms with van der Waals surface area (Å²) in [5, 5.41) is 18.1. The summed E-state index contributed by atoms with van der Waals surface area (Å²) >= 11 is 0. The van der Waals surface area contributed by atoms with Gasteiger partial charge in [0, 0.05) is 12.8 Å². The fourth-order valence-corrected chi connectivity index (χ4v) is 2.59. The van der Waals surface area contributed by atoms with Crippen LogP contribution in [0.5, 0.6) is 0 Å². The first kappa shape index (κ1) is 17.0. The predicted molar refractivity (Wildman–Crippen MR) is 65.7 cm³/mol. The second kappa shape index (κ2) is 6.25. The zero-order valence-electron chi connectivity index (χ0n) is 10.8. The van der Waals surface area contributed by atoms with E-state index in [0.717, 1.165) is 0 Å². The Hall–Kier alpha value is -1.00. The highest BCUT2D eigenvalue weighted by atomic mass is 31.1. The summed E-state index contributed by atoms with van der Waals surface area (Å²) in [7, 11) is -2.42. The van der Waals surface area contributed by atoms with Crippen molar-refractivity contribution in [2.24, 2.45) is 10.8 Å². The molecule has 6 nitrogen and oxygen atoms in total. The molecule has 0 heterocycles. The number of aliphatic carboxylic acids is 2. The standard InChI is InChI=1S/C11H19O6P/c1-10(2,3)11(9(14)15,5-4-8(12)13)6-7-18(16)17/h4-7H2,1-3H3,(H2-,12,13,14,15,16,17)/p+1. The molecule has 2 unspecified atom stereocenters. The third kappa shape index (κ3) is 4.35. The average Bonchev–Trinajstić information content (AvgIpc) is 2.14. The van der Waals surface area contributed by atoms with Gasteiger partial charge < -0.3 is 10.2 Å². The van der Waals surface area contributed by atoms with Crippen LogP contribution < -0.4 is 0 Å². The van der Waals surface area contributed by atoms with Crippen molar-refractivity contribution < 1.29 is 29.3 Å². The van der Waals surface area contributed by atoms with Gasteiger partial charge in [-0.2, -0.15) is 4.89 Å². The summed E-state index contributed by atoms with van der Waals surface area (Å²) in [6.45, 7) is 5.11. The van der Waals surface area contributed by atoms with Crippen LogP contribution >= 0.6 is 8.03 Å². The quantitative estimate of drug-likeness (QED) is 0.615. The van der Waals surface area contributed by atoms with Crippen molar-refractivity contribution in [2.75, 3.05) is 6.16 Å². The largest absolute Gasteiger partial charge is 0.505 e. The lowest BCUT2D eigenvalue weighted by atomic mass is 9.62. The van der Waals surface area contributed by atoms with E-state index in [4.69, 9.17) is 10.00 Å². The van der Waals surface area contributed by atoms with E-state index < -0.39 is 30.8 Å². The van der Waals surface area contributed by atoms with Crippen LogP contribution in [-0.2, 0) is 14.2 Å². The van der Waals surface area contributed by atoms with Gasteiger partial charge in [0.05, 0.1) is 5.41 Å². The first-order valence-corrected chi connectivity index (χ1v) is 7.01. The Labute approximate surface area is 107 Å². The number of carbonyl (C=O) groups is 2. The smallest absolute Gasteiger partial charge is 0.481 e. The molecule has 0 saturated heterocycles. The molecule has 0 amide bonds. The molecule has 18 heavy (non-hydrogen) atoms. The maximum Gasteiger partial charge on any atom is 0.505 e. The van der Waals surface area contributed by atoms with Crippen LogP contribution in [0.15, 0.2) is 0 Å². The molecule has 0 fully saturated rings. The molecule has 0 saturated carbocycles. The van der Waals surface area contributed by atoms with Crippen molar-refractivity contribution >= 4 is 20.0 Å². The Balaban J connectivity index is 5.23. The molecule has 0 spiro atoms. The lowest BCUT2D eigenvalue weighted by molar-refractivity contribution is -0.158. The van der Waals surface area contributed by atoms with Crippen LogP contribution in [0, 0.1) is 10.8 Å². The summed E-state index contributed by atoms with van der Waals surface area (Å²) in [6, 6.07) is 0. The van der Waals surface area contributed by atoms with Gasteiger partial charge in [0.15, 0.2) is 6.16 Å². The average molecular weight is 279 g/mol. The van der Waals surface area contributed by atoms with Crippen molar-refractivity contribution in [1.82, 2.24) is 0 Å². The summed E-state index contributed by atoms with van der Waals surface area (Å²) in [5.74, 6) is -2.19. The minimum absolute atomic E-state index is 0.00911. The molecule has 0 aromatic heterocycles. The number of hydrogen-bond acceptors (Lipinski definition) is 3. The Morgan fingerprint density at radius 2 is 1.61 bits per heavy atom. The predicted octanol–water partition coefficient (Wildman–Crippen LogP) is 2.09. The Morgan fingerprint density at radius 3 is 1.89 bits per heavy atom. The minimum atomic E-state index is -2.42. The first-order chi connectivity index (χ1) is 8.03. The fraction of sp³-hybridized carbons (Fsp3) is 0.818. The SMILES string of the molecule is CC(C)(C)C(CCC(=O)O)(CC[P+](=O)O)C(=O)O. The Bertz CT molecular complexity index is 326. The second-order valence-electron chi connectivity index (χ2n) is 5.36. The Morgan fingerprint density at radius 1 is 1.11 bits per heavy atom. The molecule has 3 N–H and O–H groups in total. The van der Waals surface area contributed by atoms with Gasteiger partial charge in [-0.25, -0.2) is 0 Å². The van der Waals surface area contributed by atoms with E-state index in [2.05, 4.69) is 0 Å². The molecule has 0 radical (unpaired) electrons. The van der Waals surface area contributed by atoms with Crippen LogP contribution in [0.4, 0.5) is 0 Å². The van der Waals surface area contributed by atoms with Crippen LogP contribution in [0.1, 0.15) is 40.0 Å². The van der Waals surface area contributed by atoms with E-state index in [1.54, 1.807) is 20.8 Å². The van der Waals surface area contributed by atoms with Crippen LogP contribution in [0.2, 0.25) is 0 Å². The zero-order chi connectivity index (χ0) is 14.6. The third-order valence-corrected chi connectivity index (χ3v) is 3.95. The maximum atomic E-state index is 11.5. The molecule has 0 bridgehead atoms. The Kier molecular flexibility index (Phi) is 5.90. The highest BCUT2D eigenvalue weighted by molar-refractivity contribution is 7.37. The molecule has 0 aromatic rings. The van der Waals surface area contributed by atoms with E-state index in [0.29, 0.717) is 0 Å². The second-order valence-corrected chi connectivity index (χ2v) is 6.51. The van der Waals surface area contributed by atoms with Crippen molar-refractivity contribution in [1.29, 1.82) is 0 Å². The van der Waals surface area contributed by atoms with E-state index in [1.165, 1.54) is 0 Å². The highest BCUT2D eigenvalue weighted by Gasteiger charge is 2.49. The van der Waals surface area contributed by atoms with Gasteiger partial charge in [-0.05, 0) is 16.4 Å². The molecule has 104 valence electrons. The maximum absolute atomic E-state index is 11.5. The molecular formula is C11H20O6P+. The van der Waals surface area contributed by atoms with Gasteiger partial charge in [0.25, 0.3) is 0 Å². The molecule has 0 rings (SSSR count). The summed E-state index contributed by atoms with van der Waals surface area (Å²) in [6.07, 6.45) is -0.473. The number of rotatable bonds is 7. The molecule has 7 heteroatoms. The van der Waals surface area contributed by atoms with Crippen molar-refractivity contribution in [3.63, 3.8) is 0 Å². The van der Waals surface area contributed by atoms with Crippen molar-refractivity contribution in [3.8, 4) is 0 Å². The van der Waals surface area contributed by atoms with Gasteiger partial charge in [-0.1, -0.05) is 20.8 Å². The van der Waals surface area contributed by atoms with E-state index in [-0.39, 0.29) is 25.4 Å². The minimum Gasteiger partial charge on any atom is -0.481 e. The molecule has 0 aliphatic heterocycles. The summed E-state index contributed by atoms with van der Waals surface area (Å²) in [5.41, 5.74) is -2.00. The van der Waals surface area contributed by atoms with Gasteiger partial charge in [-0.3, -0.25) is 9.59 Å². The van der Waals surface area contributed by atoms with Crippen molar-refractivity contribution in [3.05, 3.63) is 0 Å². The third-order valence-electron chi connectivity index (χ3n) is 3.34. The van der Waals surface area contributed by atoms with Gasteiger partial charge in [0.2, 0.25) is 0 Å². The topological polar surface area (TPSA) is 112 Å². The summed E-state index contributed by atoms with van der Waals surface area (Å²) < 4.78 is 10.8. The highest BCUT2D eigenvalue weighted by Crippen LogP contribution is 2.47. The molecule has 0 aromatic carbocycles. The molecule has 0 aliphatic rings. The van der Waals surface area contributed by atoms with Gasteiger partial charge in [-0.15, -0.1) is 0 Å². The lowest BCUT2D eigenvalue weighted by Crippen LogP contribution is -2.44. The van der Waals surface area contributed by atoms with Gasteiger partial charge >= 0.3 is 20.0 Å². The number of carboxylic acid groups (broad SMARTS) is 2. The first-order valence-electron chi connectivity index (χ1n) is 5.61. The molecule has 2 atom stereocenters. The van der Waals surface area contributed by atoms with E-state index in [9.17, 15) is 19.3 Å². The van der Waals surface area contributed by atoms with Crippen LogP contribution in [0.3, 0.4) is 0 Å². The zero-order valence-corrected chi connectivity index (χ0v) is 11.7. The van der Waals surface area contributed by atoms with Crippen LogP contribution in [0.25, 0.3) is 0 Å². The van der Waals surface area contributed by atoms with Crippen LogP contribution in [-0.4, -0.2) is 33.2 Å². The fourth-order valence-electron chi connectivity index (χ4n) is 2.02. The van der Waals surface area contributed by atoms with Gasteiger partial charge in [0.1, 0.15) is 0 Å². The van der Waals surface area contributed by atoms with E-state index in [1.807, 2.05) is 0 Å². The number of hydrogen-bond donors (Lipinski definition) is 3. The monoisotopic (exact) mass is 279 g/mol. The van der Waals surface area contributed by atoms with E-state index >= 15 is 0 Å². The number of carboxylic acids is 2.